The number of fused-ring (bicyclic) bond motifs is 2. The molecule has 0 bridgehead atoms. The van der Waals surface area contributed by atoms with Crippen LogP contribution in [0.25, 0.3) is 0 Å². The van der Waals surface area contributed by atoms with Crippen LogP contribution in [0, 0.1) is 0 Å². The fraction of sp³-hybridized carbons (Fsp3) is 0.524. The summed E-state index contributed by atoms with van der Waals surface area (Å²) in [7, 11) is -3.42. The van der Waals surface area contributed by atoms with Crippen molar-refractivity contribution in [3.63, 3.8) is 0 Å². The van der Waals surface area contributed by atoms with Gasteiger partial charge in [-0.3, -0.25) is 4.98 Å². The third-order valence-electron chi connectivity index (χ3n) is 5.99. The van der Waals surface area contributed by atoms with Crippen LogP contribution >= 0.6 is 11.3 Å². The smallest absolute Gasteiger partial charge is 0.354 e. The number of nitrogens with one attached hydrogen (secondary N) is 1. The average molecular weight is 449 g/mol. The Hall–Kier alpha value is -1.81. The number of aryl methyl sites for hydroxylation is 1. The Kier molecular flexibility index (Phi) is 5.08. The van der Waals surface area contributed by atoms with Crippen molar-refractivity contribution in [1.29, 1.82) is 0 Å². The number of rotatable bonds is 3. The number of hydrogen-bond donors (Lipinski definition) is 3. The first-order chi connectivity index (χ1) is 13.9. The lowest BCUT2D eigenvalue weighted by atomic mass is 9.90. The van der Waals surface area contributed by atoms with E-state index in [0.717, 1.165) is 71.6 Å². The summed E-state index contributed by atoms with van der Waals surface area (Å²) < 4.78 is 17.1. The number of carbonyl (C=O) groups is 1. The molecule has 0 aromatic carbocycles. The number of aromatic nitrogens is 1. The number of pyridine rings is 1. The van der Waals surface area contributed by atoms with Gasteiger partial charge >= 0.3 is 6.03 Å². The van der Waals surface area contributed by atoms with Gasteiger partial charge < -0.3 is 10.4 Å². The number of urea groups is 1. The van der Waals surface area contributed by atoms with Crippen LogP contribution in [-0.4, -0.2) is 20.3 Å². The largest absolute Gasteiger partial charge is 0.386 e. The number of nitrogens with two attached hydrogens (primary N) is 1. The van der Waals surface area contributed by atoms with Crippen LogP contribution in [0.15, 0.2) is 20.0 Å². The Bertz CT molecular complexity index is 1150. The Morgan fingerprint density at radius 3 is 2.73 bits per heavy atom. The predicted molar refractivity (Wildman–Crippen MR) is 119 cm³/mol. The van der Waals surface area contributed by atoms with E-state index in [0.29, 0.717) is 5.56 Å². The molecular formula is C21H28N4O3S2. The van der Waals surface area contributed by atoms with E-state index >= 15 is 0 Å². The lowest BCUT2D eigenvalue weighted by Gasteiger charge is -2.20. The highest BCUT2D eigenvalue weighted by Crippen LogP contribution is 2.44. The maximum atomic E-state index is 13.0. The molecule has 2 aliphatic rings. The molecule has 2 aromatic rings. The molecule has 4 N–H and O–H groups in total. The van der Waals surface area contributed by atoms with Crippen molar-refractivity contribution in [3.8, 4) is 0 Å². The fourth-order valence-corrected chi connectivity index (χ4v) is 6.50. The topological polar surface area (TPSA) is 118 Å². The fourth-order valence-electron chi connectivity index (χ4n) is 4.22. The number of hydrogen-bond acceptors (Lipinski definition) is 5. The van der Waals surface area contributed by atoms with Crippen molar-refractivity contribution >= 4 is 33.0 Å². The number of nitrogens with zero attached hydrogens (tertiary/aromatic N) is 2. The SMILES string of the molecule is CC(C)(O)c1csc([S@](N)(=O)=NC(=O)Nc2c3c(nc4c2CCC4(C)C)CCC3)c1. The van der Waals surface area contributed by atoms with Crippen molar-refractivity contribution in [2.45, 2.75) is 75.0 Å². The van der Waals surface area contributed by atoms with Crippen LogP contribution in [0.5, 0.6) is 0 Å². The molecule has 2 amide bonds. The molecule has 2 heterocycles. The first kappa shape index (κ1) is 21.4. The monoisotopic (exact) mass is 448 g/mol. The molecule has 30 heavy (non-hydrogen) atoms. The summed E-state index contributed by atoms with van der Waals surface area (Å²) in [4.78, 5) is 17.7. The van der Waals surface area contributed by atoms with Gasteiger partial charge in [-0.1, -0.05) is 13.8 Å². The summed E-state index contributed by atoms with van der Waals surface area (Å²) in [5.74, 6) is 0. The van der Waals surface area contributed by atoms with Crippen LogP contribution in [0.3, 0.4) is 0 Å². The van der Waals surface area contributed by atoms with Gasteiger partial charge in [0.05, 0.1) is 17.0 Å². The van der Waals surface area contributed by atoms with Crippen molar-refractivity contribution in [3.05, 3.63) is 39.5 Å². The minimum absolute atomic E-state index is 0.0323. The number of aliphatic hydroxyl groups is 1. The molecule has 0 saturated heterocycles. The maximum Gasteiger partial charge on any atom is 0.354 e. The lowest BCUT2D eigenvalue weighted by Crippen LogP contribution is -2.20. The molecule has 0 saturated carbocycles. The molecule has 2 aromatic heterocycles. The van der Waals surface area contributed by atoms with Crippen molar-refractivity contribution < 1.29 is 14.1 Å². The Morgan fingerprint density at radius 2 is 2.07 bits per heavy atom. The molecule has 2 aliphatic carbocycles. The minimum atomic E-state index is -3.42. The van der Waals surface area contributed by atoms with Crippen LogP contribution in [-0.2, 0) is 40.2 Å². The van der Waals surface area contributed by atoms with Crippen LogP contribution in [0.1, 0.15) is 68.6 Å². The van der Waals surface area contributed by atoms with Gasteiger partial charge in [0.15, 0.2) is 9.92 Å². The second kappa shape index (κ2) is 7.12. The lowest BCUT2D eigenvalue weighted by molar-refractivity contribution is 0.0789. The number of carbonyl (C=O) groups excluding carboxylic acids is 1. The Balaban J connectivity index is 1.68. The summed E-state index contributed by atoms with van der Waals surface area (Å²) in [6.45, 7) is 7.61. The molecule has 0 spiro atoms. The zero-order chi connectivity index (χ0) is 21.9. The summed E-state index contributed by atoms with van der Waals surface area (Å²) in [5, 5.41) is 20.6. The number of anilines is 1. The van der Waals surface area contributed by atoms with Crippen molar-refractivity contribution in [2.75, 3.05) is 5.32 Å². The molecule has 9 heteroatoms. The Morgan fingerprint density at radius 1 is 1.33 bits per heavy atom. The molecule has 1 atom stereocenters. The highest BCUT2D eigenvalue weighted by atomic mass is 32.2. The van der Waals surface area contributed by atoms with Crippen molar-refractivity contribution in [2.24, 2.45) is 9.50 Å². The van der Waals surface area contributed by atoms with E-state index in [1.54, 1.807) is 25.3 Å². The molecule has 0 unspecified atom stereocenters. The van der Waals surface area contributed by atoms with Crippen LogP contribution < -0.4 is 10.5 Å². The van der Waals surface area contributed by atoms with Gasteiger partial charge in [0, 0.05) is 11.1 Å². The molecule has 0 fully saturated rings. The van der Waals surface area contributed by atoms with E-state index in [9.17, 15) is 14.1 Å². The molecule has 0 radical (unpaired) electrons. The van der Waals surface area contributed by atoms with E-state index in [2.05, 4.69) is 23.5 Å². The van der Waals surface area contributed by atoms with Crippen LogP contribution in [0.2, 0.25) is 0 Å². The van der Waals surface area contributed by atoms with Gasteiger partial charge in [-0.15, -0.1) is 15.7 Å². The summed E-state index contributed by atoms with van der Waals surface area (Å²) in [6.07, 6.45) is 4.59. The molecule has 0 aliphatic heterocycles. The van der Waals surface area contributed by atoms with Gasteiger partial charge in [0.2, 0.25) is 0 Å². The molecular weight excluding hydrogens is 420 g/mol. The van der Waals surface area contributed by atoms with Gasteiger partial charge in [0.1, 0.15) is 4.21 Å². The van der Waals surface area contributed by atoms with Crippen LogP contribution in [0.4, 0.5) is 10.5 Å². The third-order valence-corrected chi connectivity index (χ3v) is 8.84. The zero-order valence-corrected chi connectivity index (χ0v) is 19.4. The molecule has 162 valence electrons. The number of amides is 2. The van der Waals surface area contributed by atoms with Gasteiger partial charge in [-0.05, 0) is 74.1 Å². The van der Waals surface area contributed by atoms with Crippen molar-refractivity contribution in [1.82, 2.24) is 4.98 Å². The highest BCUT2D eigenvalue weighted by Gasteiger charge is 2.36. The van der Waals surface area contributed by atoms with E-state index in [4.69, 9.17) is 10.1 Å². The maximum absolute atomic E-state index is 13.0. The first-order valence-corrected chi connectivity index (χ1v) is 12.6. The molecule has 7 nitrogen and oxygen atoms in total. The van der Waals surface area contributed by atoms with Gasteiger partial charge in [-0.25, -0.2) is 14.1 Å². The molecule has 4 rings (SSSR count). The average Bonchev–Trinajstić information content (AvgIpc) is 3.33. The van der Waals surface area contributed by atoms with Gasteiger partial charge in [0.25, 0.3) is 0 Å². The summed E-state index contributed by atoms with van der Waals surface area (Å²) >= 11 is 1.13. The zero-order valence-electron chi connectivity index (χ0n) is 17.7. The van der Waals surface area contributed by atoms with E-state index < -0.39 is 21.5 Å². The predicted octanol–water partition coefficient (Wildman–Crippen LogP) is 4.02. The third kappa shape index (κ3) is 3.79. The summed E-state index contributed by atoms with van der Waals surface area (Å²) in [5.41, 5.74) is 4.47. The normalized spacial score (nSPS) is 19.1. The standard InChI is InChI=1S/C21H28N4O3S2/c1-20(2)9-8-14-17(13-6-5-7-15(13)23-18(14)20)24-19(26)25-30(22,28)16-10-12(11-29-16)21(3,4)27/h10-11,27H,5-9H2,1-4H3,(H3,22,23,24,25,26,28)/t30-/m1/s1. The second-order valence-corrected chi connectivity index (χ2v) is 12.2. The second-order valence-electron chi connectivity index (χ2n) is 9.28. The van der Waals surface area contributed by atoms with Gasteiger partial charge in [-0.2, -0.15) is 0 Å². The summed E-state index contributed by atoms with van der Waals surface area (Å²) in [6, 6.07) is 0.835. The first-order valence-electron chi connectivity index (χ1n) is 10.1. The Labute approximate surface area is 181 Å². The van der Waals surface area contributed by atoms with E-state index in [1.807, 2.05) is 0 Å². The highest BCUT2D eigenvalue weighted by molar-refractivity contribution is 7.93. The quantitative estimate of drug-likeness (QED) is 0.657. The van der Waals surface area contributed by atoms with E-state index in [-0.39, 0.29) is 9.62 Å². The minimum Gasteiger partial charge on any atom is -0.386 e. The van der Waals surface area contributed by atoms with E-state index in [1.165, 1.54) is 0 Å². The number of thiophene rings is 1.